The Hall–Kier alpha value is -2.60. The molecular formula is C19H18BrNO4. The van der Waals surface area contributed by atoms with Gasteiger partial charge in [0.1, 0.15) is 11.5 Å². The molecule has 0 unspecified atom stereocenters. The van der Waals surface area contributed by atoms with Crippen molar-refractivity contribution in [3.8, 4) is 11.5 Å². The second-order valence-electron chi connectivity index (χ2n) is 5.06. The number of carbonyl (C=O) groups excluding carboxylic acids is 2. The van der Waals surface area contributed by atoms with E-state index >= 15 is 0 Å². The van der Waals surface area contributed by atoms with Gasteiger partial charge in [-0.2, -0.15) is 0 Å². The highest BCUT2D eigenvalue weighted by Crippen LogP contribution is 2.24. The maximum absolute atomic E-state index is 12.1. The van der Waals surface area contributed by atoms with Crippen LogP contribution in [0.25, 0.3) is 6.08 Å². The molecule has 25 heavy (non-hydrogen) atoms. The molecule has 0 saturated heterocycles. The second-order valence-corrected chi connectivity index (χ2v) is 5.98. The SMILES string of the molecule is CCC(=O)Oc1cccc(NC(=O)/C=C/c2cc(Br)ccc2OC)c1. The minimum absolute atomic E-state index is 0.286. The van der Waals surface area contributed by atoms with Crippen LogP contribution in [-0.4, -0.2) is 19.0 Å². The highest BCUT2D eigenvalue weighted by molar-refractivity contribution is 9.10. The summed E-state index contributed by atoms with van der Waals surface area (Å²) in [6.07, 6.45) is 3.36. The van der Waals surface area contributed by atoms with Gasteiger partial charge < -0.3 is 14.8 Å². The molecule has 0 aliphatic heterocycles. The fourth-order valence-corrected chi connectivity index (χ4v) is 2.40. The third-order valence-corrected chi connectivity index (χ3v) is 3.72. The molecule has 2 rings (SSSR count). The molecule has 1 N–H and O–H groups in total. The van der Waals surface area contributed by atoms with Crippen molar-refractivity contribution in [2.75, 3.05) is 12.4 Å². The minimum atomic E-state index is -0.329. The standard InChI is InChI=1S/C19H18BrNO4/c1-3-19(23)25-16-6-4-5-15(12-16)21-18(22)10-7-13-11-14(20)8-9-17(13)24-2/h4-12H,3H2,1-2H3,(H,21,22)/b10-7+. The van der Waals surface area contributed by atoms with E-state index in [1.165, 1.54) is 6.08 Å². The molecule has 0 radical (unpaired) electrons. The minimum Gasteiger partial charge on any atom is -0.496 e. The molecule has 1 amide bonds. The van der Waals surface area contributed by atoms with Gasteiger partial charge in [-0.25, -0.2) is 0 Å². The maximum atomic E-state index is 12.1. The van der Waals surface area contributed by atoms with Gasteiger partial charge in [-0.05, 0) is 36.4 Å². The van der Waals surface area contributed by atoms with E-state index in [4.69, 9.17) is 9.47 Å². The van der Waals surface area contributed by atoms with Gasteiger partial charge >= 0.3 is 5.97 Å². The van der Waals surface area contributed by atoms with E-state index in [0.717, 1.165) is 10.0 Å². The summed E-state index contributed by atoms with van der Waals surface area (Å²) in [5, 5.41) is 2.73. The number of carbonyl (C=O) groups is 2. The van der Waals surface area contributed by atoms with Crippen molar-refractivity contribution in [1.82, 2.24) is 0 Å². The largest absolute Gasteiger partial charge is 0.496 e. The molecule has 0 heterocycles. The molecule has 0 bridgehead atoms. The molecule has 2 aromatic rings. The smallest absolute Gasteiger partial charge is 0.310 e. The Morgan fingerprint density at radius 3 is 2.72 bits per heavy atom. The number of nitrogens with one attached hydrogen (secondary N) is 1. The van der Waals surface area contributed by atoms with E-state index in [-0.39, 0.29) is 18.3 Å². The van der Waals surface area contributed by atoms with Gasteiger partial charge in [0.25, 0.3) is 0 Å². The van der Waals surface area contributed by atoms with Gasteiger partial charge in [0.2, 0.25) is 5.91 Å². The van der Waals surface area contributed by atoms with Crippen LogP contribution in [-0.2, 0) is 9.59 Å². The third kappa shape index (κ3) is 5.76. The first kappa shape index (κ1) is 18.7. The van der Waals surface area contributed by atoms with E-state index < -0.39 is 0 Å². The van der Waals surface area contributed by atoms with Crippen LogP contribution in [0.2, 0.25) is 0 Å². The monoisotopic (exact) mass is 403 g/mol. The van der Waals surface area contributed by atoms with Crippen molar-refractivity contribution in [3.63, 3.8) is 0 Å². The molecule has 0 atom stereocenters. The quantitative estimate of drug-likeness (QED) is 0.440. The third-order valence-electron chi connectivity index (χ3n) is 3.23. The average molecular weight is 404 g/mol. The lowest BCUT2D eigenvalue weighted by molar-refractivity contribution is -0.134. The van der Waals surface area contributed by atoms with E-state index in [1.807, 2.05) is 18.2 Å². The summed E-state index contributed by atoms with van der Waals surface area (Å²) >= 11 is 3.39. The summed E-state index contributed by atoms with van der Waals surface area (Å²) < 4.78 is 11.3. The number of anilines is 1. The summed E-state index contributed by atoms with van der Waals surface area (Å²) in [6.45, 7) is 1.72. The Balaban J connectivity index is 2.06. The lowest BCUT2D eigenvalue weighted by atomic mass is 10.2. The lowest BCUT2D eigenvalue weighted by Gasteiger charge is -2.07. The van der Waals surface area contributed by atoms with Crippen LogP contribution in [0.4, 0.5) is 5.69 Å². The zero-order chi connectivity index (χ0) is 18.2. The number of benzene rings is 2. The van der Waals surface area contributed by atoms with Crippen molar-refractivity contribution in [3.05, 3.63) is 58.6 Å². The molecule has 5 nitrogen and oxygen atoms in total. The van der Waals surface area contributed by atoms with Crippen molar-refractivity contribution >= 4 is 39.6 Å². The van der Waals surface area contributed by atoms with Crippen LogP contribution in [0.15, 0.2) is 53.0 Å². The Labute approximate surface area is 154 Å². The van der Waals surface area contributed by atoms with Gasteiger partial charge in [0.05, 0.1) is 7.11 Å². The predicted molar refractivity (Wildman–Crippen MR) is 101 cm³/mol. The van der Waals surface area contributed by atoms with Crippen LogP contribution >= 0.6 is 15.9 Å². The highest BCUT2D eigenvalue weighted by Gasteiger charge is 2.05. The van der Waals surface area contributed by atoms with E-state index in [2.05, 4.69) is 21.2 Å². The summed E-state index contributed by atoms with van der Waals surface area (Å²) in [4.78, 5) is 23.4. The van der Waals surface area contributed by atoms with Gasteiger partial charge in [0, 0.05) is 34.3 Å². The zero-order valence-electron chi connectivity index (χ0n) is 13.9. The molecule has 6 heteroatoms. The molecule has 0 spiro atoms. The van der Waals surface area contributed by atoms with Crippen molar-refractivity contribution in [1.29, 1.82) is 0 Å². The van der Waals surface area contributed by atoms with E-state index in [1.54, 1.807) is 44.4 Å². The van der Waals surface area contributed by atoms with Crippen LogP contribution in [0.5, 0.6) is 11.5 Å². The number of hydrogen-bond acceptors (Lipinski definition) is 4. The van der Waals surface area contributed by atoms with Crippen LogP contribution in [0, 0.1) is 0 Å². The molecule has 0 saturated carbocycles. The molecule has 0 aliphatic carbocycles. The van der Waals surface area contributed by atoms with Gasteiger partial charge in [-0.15, -0.1) is 0 Å². The van der Waals surface area contributed by atoms with Gasteiger partial charge in [-0.1, -0.05) is 28.9 Å². The maximum Gasteiger partial charge on any atom is 0.310 e. The van der Waals surface area contributed by atoms with E-state index in [9.17, 15) is 9.59 Å². The summed E-state index contributed by atoms with van der Waals surface area (Å²) in [6, 6.07) is 12.2. The number of esters is 1. The Kier molecular flexibility index (Phi) is 6.77. The highest BCUT2D eigenvalue weighted by atomic mass is 79.9. The topological polar surface area (TPSA) is 64.6 Å². The molecule has 2 aromatic carbocycles. The summed E-state index contributed by atoms with van der Waals surface area (Å²) in [5.41, 5.74) is 1.31. The first-order chi connectivity index (χ1) is 12.0. The molecule has 0 aliphatic rings. The number of rotatable bonds is 6. The lowest BCUT2D eigenvalue weighted by Crippen LogP contribution is -2.09. The fraction of sp³-hybridized carbons (Fsp3) is 0.158. The van der Waals surface area contributed by atoms with E-state index in [0.29, 0.717) is 17.2 Å². The average Bonchev–Trinajstić information content (AvgIpc) is 2.60. The summed E-state index contributed by atoms with van der Waals surface area (Å²) in [5.74, 6) is 0.425. The van der Waals surface area contributed by atoms with Crippen molar-refractivity contribution in [2.24, 2.45) is 0 Å². The predicted octanol–water partition coefficient (Wildman–Crippen LogP) is 4.43. The van der Waals surface area contributed by atoms with Gasteiger partial charge in [-0.3, -0.25) is 9.59 Å². The van der Waals surface area contributed by atoms with Crippen LogP contribution < -0.4 is 14.8 Å². The zero-order valence-corrected chi connectivity index (χ0v) is 15.5. The number of halogens is 1. The molecular weight excluding hydrogens is 386 g/mol. The number of ether oxygens (including phenoxy) is 2. The normalized spacial score (nSPS) is 10.5. The molecule has 130 valence electrons. The van der Waals surface area contributed by atoms with Crippen molar-refractivity contribution in [2.45, 2.75) is 13.3 Å². The van der Waals surface area contributed by atoms with Crippen molar-refractivity contribution < 1.29 is 19.1 Å². The summed E-state index contributed by atoms with van der Waals surface area (Å²) in [7, 11) is 1.57. The first-order valence-electron chi connectivity index (χ1n) is 7.65. The van der Waals surface area contributed by atoms with Gasteiger partial charge in [0.15, 0.2) is 0 Å². The second kappa shape index (κ2) is 9.03. The fourth-order valence-electron chi connectivity index (χ4n) is 2.03. The molecule has 0 aromatic heterocycles. The number of methoxy groups -OCH3 is 1. The first-order valence-corrected chi connectivity index (χ1v) is 8.44. The molecule has 0 fully saturated rings. The van der Waals surface area contributed by atoms with Crippen LogP contribution in [0.1, 0.15) is 18.9 Å². The number of amides is 1. The Bertz CT molecular complexity index is 802. The van der Waals surface area contributed by atoms with Crippen LogP contribution in [0.3, 0.4) is 0 Å². The Morgan fingerprint density at radius 2 is 2.00 bits per heavy atom. The number of hydrogen-bond donors (Lipinski definition) is 1. The Morgan fingerprint density at radius 1 is 1.20 bits per heavy atom.